The number of hydrogen-bond donors (Lipinski definition) is 1. The molecule has 6 rings (SSSR count). The summed E-state index contributed by atoms with van der Waals surface area (Å²) < 4.78 is 5.31. The molecular weight excluding hydrogens is 388 g/mol. The zero-order chi connectivity index (χ0) is 20.1. The lowest BCUT2D eigenvalue weighted by molar-refractivity contribution is -0.144. The second kappa shape index (κ2) is 7.28. The summed E-state index contributed by atoms with van der Waals surface area (Å²) in [6, 6.07) is 7.60. The third-order valence-electron chi connectivity index (χ3n) is 7.42. The molecule has 4 saturated carbocycles. The Morgan fingerprint density at radius 1 is 1.07 bits per heavy atom. The maximum absolute atomic E-state index is 13.2. The highest BCUT2D eigenvalue weighted by atomic mass is 35.5. The quantitative estimate of drug-likeness (QED) is 0.766. The van der Waals surface area contributed by atoms with E-state index in [-0.39, 0.29) is 22.1 Å². The van der Waals surface area contributed by atoms with Gasteiger partial charge in [-0.05, 0) is 68.1 Å². The molecule has 2 amide bonds. The van der Waals surface area contributed by atoms with Crippen LogP contribution >= 0.6 is 11.6 Å². The van der Waals surface area contributed by atoms with Crippen LogP contribution in [0.15, 0.2) is 24.3 Å². The summed E-state index contributed by atoms with van der Waals surface area (Å²) in [5.74, 6) is 1.45. The van der Waals surface area contributed by atoms with E-state index in [0.29, 0.717) is 50.2 Å². The number of morpholine rings is 1. The summed E-state index contributed by atoms with van der Waals surface area (Å²) in [5, 5.41) is 3.18. The number of nitrogens with zero attached hydrogens (tertiary/aromatic N) is 1. The summed E-state index contributed by atoms with van der Waals surface area (Å²) in [5.41, 5.74) is 1.44. The van der Waals surface area contributed by atoms with Crippen LogP contribution < -0.4 is 5.32 Å². The van der Waals surface area contributed by atoms with Gasteiger partial charge in [0.05, 0.1) is 18.6 Å². The van der Waals surface area contributed by atoms with Crippen LogP contribution in [0.5, 0.6) is 0 Å². The number of ether oxygens (including phenoxy) is 1. The first-order valence-corrected chi connectivity index (χ1v) is 11.3. The molecule has 29 heavy (non-hydrogen) atoms. The van der Waals surface area contributed by atoms with Crippen molar-refractivity contribution in [1.82, 2.24) is 10.2 Å². The van der Waals surface area contributed by atoms with Gasteiger partial charge in [0.1, 0.15) is 0 Å². The third-order valence-corrected chi connectivity index (χ3v) is 7.87. The zero-order valence-electron chi connectivity index (χ0n) is 16.8. The van der Waals surface area contributed by atoms with Crippen molar-refractivity contribution in [3.63, 3.8) is 0 Å². The zero-order valence-corrected chi connectivity index (χ0v) is 17.5. The summed E-state index contributed by atoms with van der Waals surface area (Å²) in [7, 11) is 0. The second-order valence-electron chi connectivity index (χ2n) is 9.68. The van der Waals surface area contributed by atoms with E-state index in [1.54, 1.807) is 0 Å². The molecule has 1 aliphatic heterocycles. The van der Waals surface area contributed by atoms with Gasteiger partial charge in [0, 0.05) is 30.1 Å². The lowest BCUT2D eigenvalue weighted by Gasteiger charge is -2.59. The molecule has 5 nitrogen and oxygen atoms in total. The van der Waals surface area contributed by atoms with Crippen LogP contribution in [0.1, 0.15) is 54.4 Å². The monoisotopic (exact) mass is 416 g/mol. The standard InChI is InChI=1S/C23H29ClN2O3/c24-23-12-17-9-18(13-23)11-22(10-17,15-23)21(28)25-14-16-1-3-19(4-2-16)20(27)26-5-7-29-8-6-26/h1-4,17-18H,5-15H2,(H,25,28). The molecule has 5 fully saturated rings. The number of carbonyl (C=O) groups is 2. The summed E-state index contributed by atoms with van der Waals surface area (Å²) >= 11 is 6.87. The van der Waals surface area contributed by atoms with Crippen molar-refractivity contribution in [3.8, 4) is 0 Å². The molecule has 4 aliphatic carbocycles. The number of nitrogens with one attached hydrogen (secondary N) is 1. The normalized spacial score (nSPS) is 35.6. The maximum Gasteiger partial charge on any atom is 0.254 e. The molecule has 0 radical (unpaired) electrons. The van der Waals surface area contributed by atoms with E-state index < -0.39 is 0 Å². The van der Waals surface area contributed by atoms with Gasteiger partial charge >= 0.3 is 0 Å². The Morgan fingerprint density at radius 2 is 1.72 bits per heavy atom. The Balaban J connectivity index is 1.20. The van der Waals surface area contributed by atoms with Gasteiger partial charge in [0.2, 0.25) is 5.91 Å². The van der Waals surface area contributed by atoms with E-state index in [1.165, 1.54) is 6.42 Å². The Kier molecular flexibility index (Phi) is 4.86. The third kappa shape index (κ3) is 3.68. The van der Waals surface area contributed by atoms with Crippen LogP contribution in [-0.2, 0) is 16.1 Å². The average Bonchev–Trinajstić information content (AvgIpc) is 2.70. The number of benzene rings is 1. The highest BCUT2D eigenvalue weighted by Gasteiger charge is 2.59. The molecule has 1 aromatic carbocycles. The van der Waals surface area contributed by atoms with Gasteiger partial charge in [0.15, 0.2) is 0 Å². The first kappa shape index (κ1) is 19.4. The Bertz CT molecular complexity index is 789. The Labute approximate surface area is 177 Å². The summed E-state index contributed by atoms with van der Waals surface area (Å²) in [4.78, 5) is 27.4. The smallest absolute Gasteiger partial charge is 0.254 e. The van der Waals surface area contributed by atoms with Crippen molar-refractivity contribution >= 4 is 23.4 Å². The highest BCUT2D eigenvalue weighted by Crippen LogP contribution is 2.63. The van der Waals surface area contributed by atoms with Crippen molar-refractivity contribution in [1.29, 1.82) is 0 Å². The van der Waals surface area contributed by atoms with Gasteiger partial charge in [-0.1, -0.05) is 12.1 Å². The average molecular weight is 417 g/mol. The van der Waals surface area contributed by atoms with Crippen molar-refractivity contribution in [2.24, 2.45) is 17.3 Å². The van der Waals surface area contributed by atoms with Crippen LogP contribution in [0.4, 0.5) is 0 Å². The van der Waals surface area contributed by atoms with Gasteiger partial charge in [-0.3, -0.25) is 9.59 Å². The van der Waals surface area contributed by atoms with E-state index in [9.17, 15) is 9.59 Å². The van der Waals surface area contributed by atoms with Crippen LogP contribution in [0.3, 0.4) is 0 Å². The van der Waals surface area contributed by atoms with E-state index in [0.717, 1.165) is 37.7 Å². The number of rotatable bonds is 4. The van der Waals surface area contributed by atoms with Crippen molar-refractivity contribution in [2.45, 2.75) is 49.9 Å². The first-order valence-electron chi connectivity index (χ1n) is 10.9. The van der Waals surface area contributed by atoms with Crippen LogP contribution in [0.2, 0.25) is 0 Å². The molecule has 156 valence electrons. The molecule has 1 saturated heterocycles. The molecule has 0 aromatic heterocycles. The molecule has 1 heterocycles. The SMILES string of the molecule is O=C(c1ccc(CNC(=O)C23CC4CC(CC(Cl)(C4)C2)C3)cc1)N1CCOCC1. The van der Waals surface area contributed by atoms with Crippen molar-refractivity contribution in [2.75, 3.05) is 26.3 Å². The lowest BCUT2D eigenvalue weighted by Crippen LogP contribution is -2.58. The van der Waals surface area contributed by atoms with Crippen LogP contribution in [-0.4, -0.2) is 47.9 Å². The fraction of sp³-hybridized carbons (Fsp3) is 0.652. The second-order valence-corrected chi connectivity index (χ2v) is 10.5. The van der Waals surface area contributed by atoms with Gasteiger partial charge in [-0.2, -0.15) is 0 Å². The first-order chi connectivity index (χ1) is 13.9. The predicted octanol–water partition coefficient (Wildman–Crippen LogP) is 3.35. The number of amides is 2. The fourth-order valence-electron chi connectivity index (χ4n) is 6.50. The van der Waals surface area contributed by atoms with E-state index in [2.05, 4.69) is 5.32 Å². The highest BCUT2D eigenvalue weighted by molar-refractivity contribution is 6.24. The number of halogens is 1. The van der Waals surface area contributed by atoms with Crippen LogP contribution in [0.25, 0.3) is 0 Å². The van der Waals surface area contributed by atoms with Gasteiger partial charge in [0.25, 0.3) is 5.91 Å². The van der Waals surface area contributed by atoms with Gasteiger partial charge < -0.3 is 15.0 Å². The van der Waals surface area contributed by atoms with Crippen LogP contribution in [0, 0.1) is 17.3 Å². The Hall–Kier alpha value is -1.59. The Morgan fingerprint density at radius 3 is 2.34 bits per heavy atom. The molecule has 4 bridgehead atoms. The van der Waals surface area contributed by atoms with Crippen molar-refractivity contribution < 1.29 is 14.3 Å². The minimum atomic E-state index is -0.266. The molecule has 0 spiro atoms. The maximum atomic E-state index is 13.2. The molecule has 2 atom stereocenters. The minimum Gasteiger partial charge on any atom is -0.378 e. The number of alkyl halides is 1. The molecular formula is C23H29ClN2O3. The van der Waals surface area contributed by atoms with Crippen molar-refractivity contribution in [3.05, 3.63) is 35.4 Å². The summed E-state index contributed by atoms with van der Waals surface area (Å²) in [6.45, 7) is 2.98. The molecule has 5 aliphatic rings. The molecule has 2 unspecified atom stereocenters. The molecule has 1 N–H and O–H groups in total. The summed E-state index contributed by atoms with van der Waals surface area (Å²) in [6.07, 6.45) is 6.24. The molecule has 1 aromatic rings. The van der Waals surface area contributed by atoms with E-state index in [4.69, 9.17) is 16.3 Å². The molecule has 6 heteroatoms. The predicted molar refractivity (Wildman–Crippen MR) is 111 cm³/mol. The number of carbonyl (C=O) groups excluding carboxylic acids is 2. The topological polar surface area (TPSA) is 58.6 Å². The lowest BCUT2D eigenvalue weighted by atomic mass is 9.49. The number of hydrogen-bond acceptors (Lipinski definition) is 3. The van der Waals surface area contributed by atoms with Gasteiger partial charge in [-0.15, -0.1) is 11.6 Å². The van der Waals surface area contributed by atoms with E-state index >= 15 is 0 Å². The van der Waals surface area contributed by atoms with Gasteiger partial charge in [-0.25, -0.2) is 0 Å². The largest absolute Gasteiger partial charge is 0.378 e. The fourth-order valence-corrected chi connectivity index (χ4v) is 7.19. The van der Waals surface area contributed by atoms with E-state index in [1.807, 2.05) is 29.2 Å². The minimum absolute atomic E-state index is 0.0462.